The van der Waals surface area contributed by atoms with Crippen molar-refractivity contribution in [3.05, 3.63) is 65.9 Å². The minimum absolute atomic E-state index is 0.179. The summed E-state index contributed by atoms with van der Waals surface area (Å²) in [7, 11) is -1.75. The number of oxazole rings is 1. The molecule has 3 aromatic rings. The van der Waals surface area contributed by atoms with E-state index in [0.717, 1.165) is 5.56 Å². The zero-order valence-corrected chi connectivity index (χ0v) is 17.9. The molecule has 0 saturated carbocycles. The van der Waals surface area contributed by atoms with Crippen molar-refractivity contribution in [2.45, 2.75) is 11.4 Å². The van der Waals surface area contributed by atoms with E-state index in [2.05, 4.69) is 11.1 Å². The number of ether oxygens (including phenoxy) is 1. The minimum Gasteiger partial charge on any atom is -0.419 e. The molecule has 4 rings (SSSR count). The van der Waals surface area contributed by atoms with E-state index in [-0.39, 0.29) is 16.5 Å². The summed E-state index contributed by atoms with van der Waals surface area (Å²) in [4.78, 5) is 6.32. The van der Waals surface area contributed by atoms with Crippen molar-refractivity contribution < 1.29 is 17.6 Å². The number of nitriles is 1. The molecule has 31 heavy (non-hydrogen) atoms. The molecule has 0 spiro atoms. The van der Waals surface area contributed by atoms with Gasteiger partial charge >= 0.3 is 0 Å². The summed E-state index contributed by atoms with van der Waals surface area (Å²) in [5.74, 6) is 0.633. The Morgan fingerprint density at radius 3 is 2.42 bits per heavy atom. The van der Waals surface area contributed by atoms with Gasteiger partial charge < -0.3 is 14.1 Å². The number of anilines is 1. The molecule has 1 aliphatic rings. The smallest absolute Gasteiger partial charge is 0.243 e. The van der Waals surface area contributed by atoms with Crippen molar-refractivity contribution in [3.63, 3.8) is 0 Å². The molecule has 0 aliphatic carbocycles. The molecule has 1 fully saturated rings. The van der Waals surface area contributed by atoms with Gasteiger partial charge in [0.15, 0.2) is 0 Å². The normalized spacial score (nSPS) is 14.8. The molecular formula is C22H22N4O4S. The third-order valence-electron chi connectivity index (χ3n) is 5.03. The van der Waals surface area contributed by atoms with Gasteiger partial charge in [0.1, 0.15) is 6.07 Å². The lowest BCUT2D eigenvalue weighted by Gasteiger charge is -2.26. The van der Waals surface area contributed by atoms with Crippen LogP contribution in [0.3, 0.4) is 0 Å². The Labute approximate surface area is 181 Å². The first-order valence-electron chi connectivity index (χ1n) is 9.83. The van der Waals surface area contributed by atoms with E-state index in [4.69, 9.17) is 9.15 Å². The van der Waals surface area contributed by atoms with Gasteiger partial charge in [0.25, 0.3) is 0 Å². The fraction of sp³-hybridized carbons (Fsp3) is 0.273. The fourth-order valence-corrected chi connectivity index (χ4v) is 4.81. The molecule has 2 heterocycles. The van der Waals surface area contributed by atoms with E-state index in [1.165, 1.54) is 16.4 Å². The zero-order chi connectivity index (χ0) is 21.8. The molecule has 2 aromatic carbocycles. The van der Waals surface area contributed by atoms with Crippen LogP contribution in [0.2, 0.25) is 0 Å². The van der Waals surface area contributed by atoms with Gasteiger partial charge in [-0.3, -0.25) is 0 Å². The van der Waals surface area contributed by atoms with Crippen LogP contribution in [-0.4, -0.2) is 51.1 Å². The Kier molecular flexibility index (Phi) is 6.04. The molecule has 0 radical (unpaired) electrons. The molecule has 1 aliphatic heterocycles. The van der Waals surface area contributed by atoms with Gasteiger partial charge in [-0.2, -0.15) is 14.6 Å². The Morgan fingerprint density at radius 2 is 1.77 bits per heavy atom. The lowest BCUT2D eigenvalue weighted by molar-refractivity contribution is 0.0730. The topological polar surface area (TPSA) is 99.7 Å². The zero-order valence-electron chi connectivity index (χ0n) is 17.1. The highest BCUT2D eigenvalue weighted by molar-refractivity contribution is 7.89. The molecule has 0 unspecified atom stereocenters. The summed E-state index contributed by atoms with van der Waals surface area (Å²) in [5, 5.41) is 9.49. The molecule has 1 saturated heterocycles. The maximum atomic E-state index is 12.8. The molecule has 9 heteroatoms. The van der Waals surface area contributed by atoms with E-state index in [0.29, 0.717) is 44.3 Å². The van der Waals surface area contributed by atoms with Crippen LogP contribution in [0.25, 0.3) is 11.5 Å². The SMILES string of the molecule is CN(Cc1ccccc1)c1oc(-c2ccc(S(=O)(=O)N3CCOCC3)cc2)nc1C#N. The number of hydrogen-bond acceptors (Lipinski definition) is 7. The van der Waals surface area contributed by atoms with Gasteiger partial charge in [-0.15, -0.1) is 0 Å². The van der Waals surface area contributed by atoms with E-state index in [1.807, 2.05) is 42.3 Å². The van der Waals surface area contributed by atoms with Crippen LogP contribution in [0.1, 0.15) is 11.3 Å². The van der Waals surface area contributed by atoms with Crippen LogP contribution in [0, 0.1) is 11.3 Å². The van der Waals surface area contributed by atoms with Crippen molar-refractivity contribution in [2.24, 2.45) is 0 Å². The van der Waals surface area contributed by atoms with Crippen LogP contribution in [0.4, 0.5) is 5.88 Å². The quantitative estimate of drug-likeness (QED) is 0.583. The number of aromatic nitrogens is 1. The second-order valence-electron chi connectivity index (χ2n) is 7.17. The molecule has 8 nitrogen and oxygen atoms in total. The average molecular weight is 439 g/mol. The van der Waals surface area contributed by atoms with Gasteiger partial charge in [0.2, 0.25) is 27.5 Å². The van der Waals surface area contributed by atoms with Crippen LogP contribution in [-0.2, 0) is 21.3 Å². The highest BCUT2D eigenvalue weighted by Crippen LogP contribution is 2.29. The monoisotopic (exact) mass is 438 g/mol. The van der Waals surface area contributed by atoms with Crippen molar-refractivity contribution >= 4 is 15.9 Å². The third-order valence-corrected chi connectivity index (χ3v) is 6.95. The van der Waals surface area contributed by atoms with Crippen molar-refractivity contribution in [1.29, 1.82) is 5.26 Å². The van der Waals surface area contributed by atoms with Crippen molar-refractivity contribution in [1.82, 2.24) is 9.29 Å². The summed E-state index contributed by atoms with van der Waals surface area (Å²) in [6.07, 6.45) is 0. The van der Waals surface area contributed by atoms with Crippen molar-refractivity contribution in [3.8, 4) is 17.5 Å². The van der Waals surface area contributed by atoms with Gasteiger partial charge in [-0.1, -0.05) is 30.3 Å². The van der Waals surface area contributed by atoms with Gasteiger partial charge in [-0.05, 0) is 29.8 Å². The summed E-state index contributed by atoms with van der Waals surface area (Å²) in [5.41, 5.74) is 1.85. The van der Waals surface area contributed by atoms with Crippen LogP contribution in [0.5, 0.6) is 0 Å². The van der Waals surface area contributed by atoms with E-state index in [9.17, 15) is 13.7 Å². The molecular weight excluding hydrogens is 416 g/mol. The summed E-state index contributed by atoms with van der Waals surface area (Å²) >= 11 is 0. The van der Waals surface area contributed by atoms with E-state index < -0.39 is 10.0 Å². The first-order valence-corrected chi connectivity index (χ1v) is 11.3. The largest absolute Gasteiger partial charge is 0.419 e. The highest BCUT2D eigenvalue weighted by atomic mass is 32.2. The van der Waals surface area contributed by atoms with Crippen LogP contribution < -0.4 is 4.90 Å². The lowest BCUT2D eigenvalue weighted by atomic mass is 10.2. The summed E-state index contributed by atoms with van der Waals surface area (Å²) < 4.78 is 38.1. The molecule has 0 N–H and O–H groups in total. The maximum absolute atomic E-state index is 12.8. The third kappa shape index (κ3) is 4.46. The Morgan fingerprint density at radius 1 is 1.10 bits per heavy atom. The summed E-state index contributed by atoms with van der Waals surface area (Å²) in [6.45, 7) is 2.02. The number of hydrogen-bond donors (Lipinski definition) is 0. The average Bonchev–Trinajstić information content (AvgIpc) is 3.25. The predicted octanol–water partition coefficient (Wildman–Crippen LogP) is 2.87. The minimum atomic E-state index is -3.57. The van der Waals surface area contributed by atoms with Gasteiger partial charge in [-0.25, -0.2) is 8.42 Å². The van der Waals surface area contributed by atoms with Gasteiger partial charge in [0, 0.05) is 32.2 Å². The molecule has 160 valence electrons. The standard InChI is InChI=1S/C22H22N4O4S/c1-25(16-17-5-3-2-4-6-17)22-20(15-23)24-21(30-22)18-7-9-19(10-8-18)31(27,28)26-11-13-29-14-12-26/h2-10H,11-14,16H2,1H3. The van der Waals surface area contributed by atoms with Crippen LogP contribution >= 0.6 is 0 Å². The van der Waals surface area contributed by atoms with E-state index >= 15 is 0 Å². The Balaban J connectivity index is 1.57. The number of morpholine rings is 1. The van der Waals surface area contributed by atoms with Crippen LogP contribution in [0.15, 0.2) is 63.9 Å². The number of benzene rings is 2. The Hall–Kier alpha value is -3.19. The van der Waals surface area contributed by atoms with E-state index in [1.54, 1.807) is 12.1 Å². The highest BCUT2D eigenvalue weighted by Gasteiger charge is 2.26. The Bertz CT molecular complexity index is 1180. The fourth-order valence-electron chi connectivity index (χ4n) is 3.40. The molecule has 0 bridgehead atoms. The lowest BCUT2D eigenvalue weighted by Crippen LogP contribution is -2.40. The first kappa shape index (κ1) is 21.1. The summed E-state index contributed by atoms with van der Waals surface area (Å²) in [6, 6.07) is 18.2. The number of sulfonamides is 1. The predicted molar refractivity (Wildman–Crippen MR) is 115 cm³/mol. The molecule has 0 amide bonds. The second kappa shape index (κ2) is 8.89. The van der Waals surface area contributed by atoms with Gasteiger partial charge in [0.05, 0.1) is 18.1 Å². The first-order chi connectivity index (χ1) is 15.0. The van der Waals surface area contributed by atoms with Crippen molar-refractivity contribution in [2.75, 3.05) is 38.3 Å². The molecule has 1 aromatic heterocycles. The second-order valence-corrected chi connectivity index (χ2v) is 9.11. The number of rotatable bonds is 6. The number of nitrogens with zero attached hydrogens (tertiary/aromatic N) is 4. The maximum Gasteiger partial charge on any atom is 0.243 e. The molecule has 0 atom stereocenters.